The highest BCUT2D eigenvalue weighted by Crippen LogP contribution is 2.29. The second-order valence-electron chi connectivity index (χ2n) is 4.92. The highest BCUT2D eigenvalue weighted by atomic mass is 35.5. The van der Waals surface area contributed by atoms with E-state index in [1.54, 1.807) is 12.1 Å². The second-order valence-corrected chi connectivity index (χ2v) is 5.32. The maximum atomic E-state index is 13.7. The molecule has 17 heavy (non-hydrogen) atoms. The number of rotatable bonds is 2. The Labute approximate surface area is 106 Å². The van der Waals surface area contributed by atoms with Gasteiger partial charge >= 0.3 is 0 Å². The van der Waals surface area contributed by atoms with E-state index in [0.717, 1.165) is 13.1 Å². The smallest absolute Gasteiger partial charge is 0.127 e. The summed E-state index contributed by atoms with van der Waals surface area (Å²) in [6, 6.07) is 4.81. The van der Waals surface area contributed by atoms with Crippen LogP contribution in [0.1, 0.15) is 12.5 Å². The van der Waals surface area contributed by atoms with E-state index in [-0.39, 0.29) is 11.2 Å². The molecule has 1 atom stereocenters. The number of ether oxygens (including phenoxy) is 1. The number of halogens is 2. The van der Waals surface area contributed by atoms with Crippen molar-refractivity contribution in [2.24, 2.45) is 5.41 Å². The summed E-state index contributed by atoms with van der Waals surface area (Å²) in [4.78, 5) is 0. The summed E-state index contributed by atoms with van der Waals surface area (Å²) in [5.74, 6) is -0.233. The van der Waals surface area contributed by atoms with Gasteiger partial charge in [-0.1, -0.05) is 24.6 Å². The van der Waals surface area contributed by atoms with Gasteiger partial charge in [-0.05, 0) is 18.6 Å². The first-order chi connectivity index (χ1) is 8.11. The molecule has 2 nitrogen and oxygen atoms in total. The Kier molecular flexibility index (Phi) is 4.02. The first-order valence-corrected chi connectivity index (χ1v) is 6.20. The molecule has 0 bridgehead atoms. The summed E-state index contributed by atoms with van der Waals surface area (Å²) in [6.07, 6.45) is 0.589. The minimum absolute atomic E-state index is 0.109. The van der Waals surface area contributed by atoms with Gasteiger partial charge in [0.2, 0.25) is 0 Å². The van der Waals surface area contributed by atoms with Crippen molar-refractivity contribution in [1.29, 1.82) is 0 Å². The Morgan fingerprint density at radius 1 is 1.53 bits per heavy atom. The van der Waals surface area contributed by atoms with Crippen molar-refractivity contribution >= 4 is 11.6 Å². The van der Waals surface area contributed by atoms with Crippen molar-refractivity contribution in [3.63, 3.8) is 0 Å². The quantitative estimate of drug-likeness (QED) is 0.880. The minimum Gasteiger partial charge on any atom is -0.380 e. The Morgan fingerprint density at radius 3 is 3.12 bits per heavy atom. The molecule has 4 heteroatoms. The van der Waals surface area contributed by atoms with Crippen LogP contribution in [0.15, 0.2) is 18.2 Å². The number of hydrogen-bond donors (Lipinski definition) is 1. The minimum atomic E-state index is -0.233. The van der Waals surface area contributed by atoms with E-state index in [2.05, 4.69) is 12.2 Å². The lowest BCUT2D eigenvalue weighted by molar-refractivity contribution is 0.0792. The lowest BCUT2D eigenvalue weighted by atomic mass is 9.84. The zero-order chi connectivity index (χ0) is 12.3. The molecule has 1 aromatic rings. The van der Waals surface area contributed by atoms with Gasteiger partial charge < -0.3 is 10.1 Å². The van der Waals surface area contributed by atoms with Crippen LogP contribution in [0.2, 0.25) is 5.02 Å². The van der Waals surface area contributed by atoms with Crippen LogP contribution in [0, 0.1) is 11.2 Å². The van der Waals surface area contributed by atoms with Gasteiger partial charge in [0.15, 0.2) is 0 Å². The topological polar surface area (TPSA) is 21.3 Å². The summed E-state index contributed by atoms with van der Waals surface area (Å²) in [5, 5.41) is 3.80. The molecule has 1 saturated heterocycles. The van der Waals surface area contributed by atoms with E-state index in [4.69, 9.17) is 16.3 Å². The van der Waals surface area contributed by atoms with E-state index in [9.17, 15) is 4.39 Å². The van der Waals surface area contributed by atoms with E-state index in [0.29, 0.717) is 30.2 Å². The van der Waals surface area contributed by atoms with Crippen LogP contribution < -0.4 is 5.32 Å². The molecule has 1 N–H and O–H groups in total. The molecule has 1 aromatic carbocycles. The van der Waals surface area contributed by atoms with Gasteiger partial charge in [-0.2, -0.15) is 0 Å². The summed E-state index contributed by atoms with van der Waals surface area (Å²) in [6.45, 7) is 5.09. The monoisotopic (exact) mass is 257 g/mol. The predicted octanol–water partition coefficient (Wildman–Crippen LogP) is 2.65. The predicted molar refractivity (Wildman–Crippen MR) is 66.9 cm³/mol. The first kappa shape index (κ1) is 12.8. The van der Waals surface area contributed by atoms with Crippen molar-refractivity contribution in [2.45, 2.75) is 13.3 Å². The standard InChI is InChI=1S/C13H17ClFNO/c1-13(8-16-5-6-17-9-13)7-10-11(14)3-2-4-12(10)15/h2-4,16H,5-9H2,1H3. The van der Waals surface area contributed by atoms with Gasteiger partial charge in [-0.25, -0.2) is 4.39 Å². The fraction of sp³-hybridized carbons (Fsp3) is 0.538. The number of hydrogen-bond acceptors (Lipinski definition) is 2. The maximum absolute atomic E-state index is 13.7. The van der Waals surface area contributed by atoms with Crippen LogP contribution in [0.5, 0.6) is 0 Å². The van der Waals surface area contributed by atoms with Gasteiger partial charge in [-0.3, -0.25) is 0 Å². The molecule has 0 radical (unpaired) electrons. The largest absolute Gasteiger partial charge is 0.380 e. The third-order valence-electron chi connectivity index (χ3n) is 3.09. The Balaban J connectivity index is 2.18. The lowest BCUT2D eigenvalue weighted by Gasteiger charge is -2.27. The van der Waals surface area contributed by atoms with Crippen LogP contribution in [-0.4, -0.2) is 26.3 Å². The number of nitrogens with one attached hydrogen (secondary N) is 1. The molecule has 2 rings (SSSR count). The van der Waals surface area contributed by atoms with Crippen LogP contribution >= 0.6 is 11.6 Å². The first-order valence-electron chi connectivity index (χ1n) is 5.82. The van der Waals surface area contributed by atoms with Gasteiger partial charge in [0.25, 0.3) is 0 Å². The Morgan fingerprint density at radius 2 is 2.35 bits per heavy atom. The van der Waals surface area contributed by atoms with Gasteiger partial charge in [0.1, 0.15) is 5.82 Å². The molecule has 1 unspecified atom stereocenters. The molecular weight excluding hydrogens is 241 g/mol. The van der Waals surface area contributed by atoms with Gasteiger partial charge in [0.05, 0.1) is 13.2 Å². The molecule has 0 aromatic heterocycles. The molecule has 0 amide bonds. The molecule has 1 heterocycles. The van der Waals surface area contributed by atoms with Crippen LogP contribution in [-0.2, 0) is 11.2 Å². The molecule has 0 spiro atoms. The fourth-order valence-corrected chi connectivity index (χ4v) is 2.38. The summed E-state index contributed by atoms with van der Waals surface area (Å²) in [5.41, 5.74) is 0.478. The molecule has 1 aliphatic rings. The highest BCUT2D eigenvalue weighted by molar-refractivity contribution is 6.31. The van der Waals surface area contributed by atoms with E-state index in [1.807, 2.05) is 0 Å². The SMILES string of the molecule is CC1(Cc2c(F)cccc2Cl)CNCCOC1. The van der Waals surface area contributed by atoms with Crippen molar-refractivity contribution in [1.82, 2.24) is 5.32 Å². The normalized spacial score (nSPS) is 25.6. The third kappa shape index (κ3) is 3.18. The highest BCUT2D eigenvalue weighted by Gasteiger charge is 2.28. The maximum Gasteiger partial charge on any atom is 0.127 e. The average molecular weight is 258 g/mol. The summed E-state index contributed by atoms with van der Waals surface area (Å²) >= 11 is 6.05. The van der Waals surface area contributed by atoms with Gasteiger partial charge in [0, 0.05) is 29.1 Å². The van der Waals surface area contributed by atoms with Crippen LogP contribution in [0.4, 0.5) is 4.39 Å². The fourth-order valence-electron chi connectivity index (χ4n) is 2.15. The summed E-state index contributed by atoms with van der Waals surface area (Å²) < 4.78 is 19.3. The molecule has 94 valence electrons. The average Bonchev–Trinajstić information content (AvgIpc) is 2.49. The second kappa shape index (κ2) is 5.34. The zero-order valence-electron chi connectivity index (χ0n) is 9.93. The Hall–Kier alpha value is -0.640. The molecule has 1 fully saturated rings. The molecule has 1 aliphatic heterocycles. The lowest BCUT2D eigenvalue weighted by Crippen LogP contribution is -2.35. The van der Waals surface area contributed by atoms with Crippen molar-refractivity contribution in [3.05, 3.63) is 34.6 Å². The van der Waals surface area contributed by atoms with Crippen LogP contribution in [0.25, 0.3) is 0 Å². The van der Waals surface area contributed by atoms with Crippen LogP contribution in [0.3, 0.4) is 0 Å². The van der Waals surface area contributed by atoms with E-state index >= 15 is 0 Å². The van der Waals surface area contributed by atoms with Crippen molar-refractivity contribution in [2.75, 3.05) is 26.3 Å². The van der Waals surface area contributed by atoms with E-state index < -0.39 is 0 Å². The van der Waals surface area contributed by atoms with E-state index in [1.165, 1.54) is 6.07 Å². The zero-order valence-corrected chi connectivity index (χ0v) is 10.7. The van der Waals surface area contributed by atoms with Gasteiger partial charge in [-0.15, -0.1) is 0 Å². The van der Waals surface area contributed by atoms with Crippen molar-refractivity contribution in [3.8, 4) is 0 Å². The summed E-state index contributed by atoms with van der Waals surface area (Å²) in [7, 11) is 0. The third-order valence-corrected chi connectivity index (χ3v) is 3.44. The molecule has 0 aliphatic carbocycles. The molecule has 0 saturated carbocycles. The van der Waals surface area contributed by atoms with Crippen molar-refractivity contribution < 1.29 is 9.13 Å². The molecular formula is C13H17ClFNO. The Bertz CT molecular complexity index is 369. The number of benzene rings is 1.